The molecular formula is C14H30O6. The average molecular weight is 294 g/mol. The lowest BCUT2D eigenvalue weighted by atomic mass is 9.97. The highest BCUT2D eigenvalue weighted by Crippen LogP contribution is 2.10. The number of rotatable bonds is 8. The third-order valence-corrected chi connectivity index (χ3v) is 2.10. The van der Waals surface area contributed by atoms with Crippen LogP contribution in [0.4, 0.5) is 0 Å². The highest BCUT2D eigenvalue weighted by atomic mass is 16.4. The molecule has 0 atom stereocenters. The highest BCUT2D eigenvalue weighted by molar-refractivity contribution is 5.78. The fourth-order valence-corrected chi connectivity index (χ4v) is 0.627. The number of hydrogen-bond donors (Lipinski definition) is 5. The number of aliphatic hydroxyl groups excluding tert-OH is 4. The lowest BCUT2D eigenvalue weighted by Gasteiger charge is -2.16. The van der Waals surface area contributed by atoms with Crippen molar-refractivity contribution in [2.75, 3.05) is 26.4 Å². The minimum atomic E-state index is -0.981. The normalized spacial score (nSPS) is 9.70. The monoisotopic (exact) mass is 294 g/mol. The summed E-state index contributed by atoms with van der Waals surface area (Å²) in [6.45, 7) is 7.21. The summed E-state index contributed by atoms with van der Waals surface area (Å²) in [5.74, 6) is -0.981. The zero-order valence-corrected chi connectivity index (χ0v) is 12.6. The van der Waals surface area contributed by atoms with Gasteiger partial charge in [-0.3, -0.25) is 0 Å². The molecule has 0 aliphatic carbocycles. The maximum Gasteiger partial charge on any atom is 0.327 e. The van der Waals surface area contributed by atoms with E-state index in [1.54, 1.807) is 13.8 Å². The number of hydrogen-bond acceptors (Lipinski definition) is 5. The minimum Gasteiger partial charge on any atom is -0.478 e. The van der Waals surface area contributed by atoms with E-state index in [4.69, 9.17) is 25.5 Å². The number of aliphatic hydroxyl groups is 4. The first-order valence-corrected chi connectivity index (χ1v) is 6.60. The molecule has 0 unspecified atom stereocenters. The Bertz CT molecular complexity index is 204. The molecular weight excluding hydrogens is 264 g/mol. The Balaban J connectivity index is -0.000000223. The van der Waals surface area contributed by atoms with E-state index in [0.717, 1.165) is 31.8 Å². The second kappa shape index (κ2) is 18.0. The van der Waals surface area contributed by atoms with Crippen molar-refractivity contribution in [1.82, 2.24) is 0 Å². The molecule has 5 N–H and O–H groups in total. The van der Waals surface area contributed by atoms with Crippen molar-refractivity contribution in [2.45, 2.75) is 39.5 Å². The van der Waals surface area contributed by atoms with Gasteiger partial charge in [0.1, 0.15) is 0 Å². The first kappa shape index (κ1) is 24.1. The number of carboxylic acid groups (broad SMARTS) is 1. The molecule has 0 saturated heterocycles. The van der Waals surface area contributed by atoms with Gasteiger partial charge in [0.25, 0.3) is 0 Å². The first-order chi connectivity index (χ1) is 9.31. The van der Waals surface area contributed by atoms with Gasteiger partial charge in [-0.2, -0.15) is 0 Å². The summed E-state index contributed by atoms with van der Waals surface area (Å²) in [4.78, 5) is 9.25. The van der Waals surface area contributed by atoms with Gasteiger partial charge in [-0.15, -0.1) is 0 Å². The van der Waals surface area contributed by atoms with E-state index in [1.807, 2.05) is 0 Å². The number of unbranched alkanes of at least 4 members (excludes halogenated alkanes) is 3. The number of carboxylic acids is 1. The second-order valence-electron chi connectivity index (χ2n) is 4.88. The Hall–Kier alpha value is -0.950. The summed E-state index contributed by atoms with van der Waals surface area (Å²) < 4.78 is 0. The van der Waals surface area contributed by atoms with Gasteiger partial charge in [-0.05, 0) is 12.8 Å². The molecule has 0 fully saturated rings. The minimum absolute atomic E-state index is 0.0451. The molecule has 0 amide bonds. The SMILES string of the molecule is C=CC(=O)O.CC(C)(CO)CO.OCCCCCCO. The molecule has 0 aliphatic heterocycles. The third-order valence-electron chi connectivity index (χ3n) is 2.10. The van der Waals surface area contributed by atoms with Crippen molar-refractivity contribution in [3.05, 3.63) is 12.7 Å². The van der Waals surface area contributed by atoms with Gasteiger partial charge >= 0.3 is 5.97 Å². The third kappa shape index (κ3) is 30.2. The zero-order chi connectivity index (χ0) is 16.4. The van der Waals surface area contributed by atoms with Gasteiger partial charge in [0.15, 0.2) is 0 Å². The molecule has 0 aromatic rings. The summed E-state index contributed by atoms with van der Waals surface area (Å²) >= 11 is 0. The Kier molecular flexibility index (Phi) is 21.7. The molecule has 0 bridgehead atoms. The summed E-state index contributed by atoms with van der Waals surface area (Å²) in [5, 5.41) is 41.1. The molecule has 0 spiro atoms. The lowest BCUT2D eigenvalue weighted by Crippen LogP contribution is -2.20. The van der Waals surface area contributed by atoms with E-state index < -0.39 is 5.97 Å². The summed E-state index contributed by atoms with van der Waals surface area (Å²) in [6, 6.07) is 0. The Morgan fingerprint density at radius 3 is 1.35 bits per heavy atom. The van der Waals surface area contributed by atoms with Crippen LogP contribution in [0, 0.1) is 5.41 Å². The van der Waals surface area contributed by atoms with Gasteiger partial charge in [0, 0.05) is 24.7 Å². The van der Waals surface area contributed by atoms with Crippen LogP contribution in [-0.2, 0) is 4.79 Å². The van der Waals surface area contributed by atoms with Crippen LogP contribution in [0.2, 0.25) is 0 Å². The van der Waals surface area contributed by atoms with Crippen LogP contribution in [0.15, 0.2) is 12.7 Å². The quantitative estimate of drug-likeness (QED) is 0.333. The standard InChI is InChI=1S/C6H14O2.C5H12O2.C3H4O2/c7-5-3-1-2-4-6-8;1-5(2,3-6)4-7;1-2-3(4)5/h7-8H,1-6H2;6-7H,3-4H2,1-2H3;2H,1H2,(H,4,5). The molecule has 0 aromatic carbocycles. The smallest absolute Gasteiger partial charge is 0.327 e. The molecule has 122 valence electrons. The molecule has 0 heterocycles. The number of aliphatic carboxylic acids is 1. The molecule has 20 heavy (non-hydrogen) atoms. The summed E-state index contributed by atoms with van der Waals surface area (Å²) in [6.07, 6.45) is 4.66. The fourth-order valence-electron chi connectivity index (χ4n) is 0.627. The van der Waals surface area contributed by atoms with Crippen LogP contribution in [0.1, 0.15) is 39.5 Å². The summed E-state index contributed by atoms with van der Waals surface area (Å²) in [5.41, 5.74) is -0.306. The predicted molar refractivity (Wildman–Crippen MR) is 78.4 cm³/mol. The lowest BCUT2D eigenvalue weighted by molar-refractivity contribution is -0.131. The topological polar surface area (TPSA) is 118 Å². The highest BCUT2D eigenvalue weighted by Gasteiger charge is 2.13. The maximum absolute atomic E-state index is 9.25. The largest absolute Gasteiger partial charge is 0.478 e. The van der Waals surface area contributed by atoms with Crippen LogP contribution in [0.3, 0.4) is 0 Å². The Morgan fingerprint density at radius 1 is 0.950 bits per heavy atom. The molecule has 0 aromatic heterocycles. The molecule has 0 rings (SSSR count). The first-order valence-electron chi connectivity index (χ1n) is 6.60. The predicted octanol–water partition coefficient (Wildman–Crippen LogP) is 0.786. The van der Waals surface area contributed by atoms with Gasteiger partial charge < -0.3 is 25.5 Å². The van der Waals surface area contributed by atoms with Crippen LogP contribution in [-0.4, -0.2) is 57.9 Å². The van der Waals surface area contributed by atoms with E-state index in [9.17, 15) is 4.79 Å². The van der Waals surface area contributed by atoms with Crippen LogP contribution >= 0.6 is 0 Å². The van der Waals surface area contributed by atoms with E-state index in [-0.39, 0.29) is 31.8 Å². The van der Waals surface area contributed by atoms with E-state index >= 15 is 0 Å². The molecule has 0 saturated carbocycles. The van der Waals surface area contributed by atoms with E-state index in [0.29, 0.717) is 0 Å². The van der Waals surface area contributed by atoms with Crippen LogP contribution in [0.25, 0.3) is 0 Å². The van der Waals surface area contributed by atoms with E-state index in [2.05, 4.69) is 6.58 Å². The van der Waals surface area contributed by atoms with Gasteiger partial charge in [0.05, 0.1) is 13.2 Å². The van der Waals surface area contributed by atoms with Gasteiger partial charge in [-0.25, -0.2) is 4.79 Å². The Labute approximate surface area is 121 Å². The van der Waals surface area contributed by atoms with Crippen molar-refractivity contribution in [2.24, 2.45) is 5.41 Å². The molecule has 0 radical (unpaired) electrons. The molecule has 0 aliphatic rings. The maximum atomic E-state index is 9.25. The van der Waals surface area contributed by atoms with Crippen molar-refractivity contribution in [3.8, 4) is 0 Å². The van der Waals surface area contributed by atoms with Crippen molar-refractivity contribution in [3.63, 3.8) is 0 Å². The van der Waals surface area contributed by atoms with Crippen LogP contribution < -0.4 is 0 Å². The Morgan fingerprint density at radius 2 is 1.25 bits per heavy atom. The van der Waals surface area contributed by atoms with Crippen molar-refractivity contribution >= 4 is 5.97 Å². The number of carbonyl (C=O) groups is 1. The van der Waals surface area contributed by atoms with E-state index in [1.165, 1.54) is 0 Å². The summed E-state index contributed by atoms with van der Waals surface area (Å²) in [7, 11) is 0. The van der Waals surface area contributed by atoms with Crippen LogP contribution in [0.5, 0.6) is 0 Å². The average Bonchev–Trinajstić information content (AvgIpc) is 2.45. The van der Waals surface area contributed by atoms with Crippen molar-refractivity contribution < 1.29 is 30.3 Å². The molecule has 6 heteroatoms. The molecule has 6 nitrogen and oxygen atoms in total. The van der Waals surface area contributed by atoms with Crippen molar-refractivity contribution in [1.29, 1.82) is 0 Å². The van der Waals surface area contributed by atoms with Gasteiger partial charge in [-0.1, -0.05) is 33.3 Å². The fraction of sp³-hybridized carbons (Fsp3) is 0.786. The zero-order valence-electron chi connectivity index (χ0n) is 12.6. The second-order valence-corrected chi connectivity index (χ2v) is 4.88. The van der Waals surface area contributed by atoms with Gasteiger partial charge in [0.2, 0.25) is 0 Å².